The summed E-state index contributed by atoms with van der Waals surface area (Å²) >= 11 is 0. The van der Waals surface area contributed by atoms with Crippen molar-refractivity contribution in [2.45, 2.75) is 31.8 Å². The largest absolute Gasteiger partial charge is 0.460 e. The maximum atomic E-state index is 10.7. The van der Waals surface area contributed by atoms with Crippen LogP contribution in [0.25, 0.3) is 0 Å². The maximum absolute atomic E-state index is 10.7. The quantitative estimate of drug-likeness (QED) is 0.390. The van der Waals surface area contributed by atoms with Crippen LogP contribution in [0.3, 0.4) is 0 Å². The summed E-state index contributed by atoms with van der Waals surface area (Å²) in [4.78, 5) is 10.7. The first-order chi connectivity index (χ1) is 7.76. The molecule has 0 spiro atoms. The van der Waals surface area contributed by atoms with Crippen LogP contribution < -0.4 is 0 Å². The predicted octanol–water partition coefficient (Wildman–Crippen LogP) is 1.23. The third-order valence-corrected chi connectivity index (χ3v) is 2.24. The summed E-state index contributed by atoms with van der Waals surface area (Å²) in [6, 6.07) is 0. The van der Waals surface area contributed by atoms with Crippen LogP contribution >= 0.6 is 0 Å². The molecule has 2 atom stereocenters. The van der Waals surface area contributed by atoms with Crippen molar-refractivity contribution in [2.75, 3.05) is 20.3 Å². The monoisotopic (exact) mass is 230 g/mol. The molecule has 1 fully saturated rings. The third-order valence-electron chi connectivity index (χ3n) is 2.24. The molecule has 16 heavy (non-hydrogen) atoms. The summed E-state index contributed by atoms with van der Waals surface area (Å²) in [7, 11) is 1.61. The van der Waals surface area contributed by atoms with Gasteiger partial charge in [-0.2, -0.15) is 0 Å². The van der Waals surface area contributed by atoms with Crippen molar-refractivity contribution in [3.63, 3.8) is 0 Å². The van der Waals surface area contributed by atoms with E-state index >= 15 is 0 Å². The number of ether oxygens (including phenoxy) is 4. The van der Waals surface area contributed by atoms with Crippen LogP contribution in [-0.2, 0) is 23.7 Å². The molecule has 92 valence electrons. The molecule has 0 aliphatic carbocycles. The van der Waals surface area contributed by atoms with Gasteiger partial charge in [-0.25, -0.2) is 4.79 Å². The van der Waals surface area contributed by atoms with Gasteiger partial charge < -0.3 is 18.9 Å². The van der Waals surface area contributed by atoms with Crippen LogP contribution in [0.2, 0.25) is 0 Å². The minimum atomic E-state index is -0.442. The van der Waals surface area contributed by atoms with E-state index in [2.05, 4.69) is 6.58 Å². The highest BCUT2D eigenvalue weighted by atomic mass is 16.8. The Kier molecular flexibility index (Phi) is 6.07. The Labute approximate surface area is 95.3 Å². The van der Waals surface area contributed by atoms with Gasteiger partial charge in [-0.3, -0.25) is 0 Å². The molecular formula is C11H18O5. The average molecular weight is 230 g/mol. The van der Waals surface area contributed by atoms with Crippen LogP contribution in [0.4, 0.5) is 0 Å². The lowest BCUT2D eigenvalue weighted by Crippen LogP contribution is -2.31. The van der Waals surface area contributed by atoms with Crippen molar-refractivity contribution in [1.29, 1.82) is 0 Å². The van der Waals surface area contributed by atoms with Gasteiger partial charge >= 0.3 is 5.97 Å². The second kappa shape index (κ2) is 7.38. The Hall–Kier alpha value is -0.910. The first-order valence-electron chi connectivity index (χ1n) is 5.35. The van der Waals surface area contributed by atoms with Gasteiger partial charge in [0.2, 0.25) is 0 Å². The molecule has 1 saturated heterocycles. The van der Waals surface area contributed by atoms with Gasteiger partial charge in [0.1, 0.15) is 6.61 Å². The molecule has 2 unspecified atom stereocenters. The number of carbonyl (C=O) groups excluding carboxylic acids is 1. The molecule has 1 heterocycles. The molecular weight excluding hydrogens is 212 g/mol. The van der Waals surface area contributed by atoms with Crippen molar-refractivity contribution >= 4 is 5.97 Å². The normalized spacial score (nSPS) is 25.1. The summed E-state index contributed by atoms with van der Waals surface area (Å²) < 4.78 is 20.7. The van der Waals surface area contributed by atoms with E-state index in [0.29, 0.717) is 6.61 Å². The molecule has 0 aromatic heterocycles. The van der Waals surface area contributed by atoms with Crippen LogP contribution in [0, 0.1) is 0 Å². The SMILES string of the molecule is C=CC(=O)OCCOC1CCCC(OC)O1. The third kappa shape index (κ3) is 4.74. The minimum Gasteiger partial charge on any atom is -0.460 e. The number of carbonyl (C=O) groups is 1. The molecule has 0 radical (unpaired) electrons. The fourth-order valence-corrected chi connectivity index (χ4v) is 1.43. The van der Waals surface area contributed by atoms with Gasteiger partial charge in [0.05, 0.1) is 6.61 Å². The first kappa shape index (κ1) is 13.2. The van der Waals surface area contributed by atoms with E-state index in [0.717, 1.165) is 25.3 Å². The average Bonchev–Trinajstić information content (AvgIpc) is 2.34. The fourth-order valence-electron chi connectivity index (χ4n) is 1.43. The van der Waals surface area contributed by atoms with Crippen molar-refractivity contribution in [3.8, 4) is 0 Å². The number of esters is 1. The van der Waals surface area contributed by atoms with Crippen molar-refractivity contribution in [1.82, 2.24) is 0 Å². The number of hydrogen-bond acceptors (Lipinski definition) is 5. The molecule has 0 amide bonds. The van der Waals surface area contributed by atoms with E-state index in [1.807, 2.05) is 0 Å². The van der Waals surface area contributed by atoms with Crippen LogP contribution in [0.1, 0.15) is 19.3 Å². The molecule has 5 heteroatoms. The molecule has 1 aliphatic rings. The number of methoxy groups -OCH3 is 1. The van der Waals surface area contributed by atoms with Gasteiger partial charge in [0.25, 0.3) is 0 Å². The van der Waals surface area contributed by atoms with Crippen molar-refractivity contribution < 1.29 is 23.7 Å². The van der Waals surface area contributed by atoms with Crippen molar-refractivity contribution in [3.05, 3.63) is 12.7 Å². The minimum absolute atomic E-state index is 0.186. The van der Waals surface area contributed by atoms with E-state index in [9.17, 15) is 4.79 Å². The highest BCUT2D eigenvalue weighted by Gasteiger charge is 2.22. The fraction of sp³-hybridized carbons (Fsp3) is 0.727. The predicted molar refractivity (Wildman–Crippen MR) is 56.6 cm³/mol. The molecule has 0 aromatic rings. The number of hydrogen-bond donors (Lipinski definition) is 0. The lowest BCUT2D eigenvalue weighted by molar-refractivity contribution is -0.261. The molecule has 0 bridgehead atoms. The summed E-state index contributed by atoms with van der Waals surface area (Å²) in [5.74, 6) is -0.442. The first-order valence-corrected chi connectivity index (χ1v) is 5.35. The van der Waals surface area contributed by atoms with Gasteiger partial charge in [0.15, 0.2) is 12.6 Å². The smallest absolute Gasteiger partial charge is 0.330 e. The van der Waals surface area contributed by atoms with Crippen LogP contribution in [0.5, 0.6) is 0 Å². The van der Waals surface area contributed by atoms with Crippen LogP contribution in [0.15, 0.2) is 12.7 Å². The second-order valence-corrected chi connectivity index (χ2v) is 3.40. The Morgan fingerprint density at radius 3 is 2.88 bits per heavy atom. The zero-order valence-corrected chi connectivity index (χ0v) is 9.52. The van der Waals surface area contributed by atoms with E-state index < -0.39 is 5.97 Å². The zero-order chi connectivity index (χ0) is 11.8. The van der Waals surface area contributed by atoms with Gasteiger partial charge in [-0.1, -0.05) is 6.58 Å². The lowest BCUT2D eigenvalue weighted by atomic mass is 10.2. The Morgan fingerprint density at radius 2 is 2.19 bits per heavy atom. The summed E-state index contributed by atoms with van der Waals surface area (Å²) in [5.41, 5.74) is 0. The molecule has 5 nitrogen and oxygen atoms in total. The molecule has 0 aromatic carbocycles. The van der Waals surface area contributed by atoms with Gasteiger partial charge in [-0.15, -0.1) is 0 Å². The maximum Gasteiger partial charge on any atom is 0.330 e. The zero-order valence-electron chi connectivity index (χ0n) is 9.52. The van der Waals surface area contributed by atoms with E-state index in [1.54, 1.807) is 7.11 Å². The van der Waals surface area contributed by atoms with E-state index in [1.165, 1.54) is 0 Å². The molecule has 1 aliphatic heterocycles. The summed E-state index contributed by atoms with van der Waals surface area (Å²) in [6.07, 6.45) is 3.42. The Balaban J connectivity index is 2.08. The second-order valence-electron chi connectivity index (χ2n) is 3.40. The van der Waals surface area contributed by atoms with Crippen LogP contribution in [-0.4, -0.2) is 38.9 Å². The molecule has 1 rings (SSSR count). The van der Waals surface area contributed by atoms with Gasteiger partial charge in [-0.05, 0) is 19.3 Å². The Bertz CT molecular complexity index is 228. The lowest BCUT2D eigenvalue weighted by Gasteiger charge is -2.28. The highest BCUT2D eigenvalue weighted by molar-refractivity contribution is 5.81. The molecule has 0 N–H and O–H groups in total. The topological polar surface area (TPSA) is 54.0 Å². The number of rotatable bonds is 6. The highest BCUT2D eigenvalue weighted by Crippen LogP contribution is 2.19. The van der Waals surface area contributed by atoms with Gasteiger partial charge in [0, 0.05) is 13.2 Å². The Morgan fingerprint density at radius 1 is 1.44 bits per heavy atom. The van der Waals surface area contributed by atoms with E-state index in [-0.39, 0.29) is 19.2 Å². The van der Waals surface area contributed by atoms with Crippen molar-refractivity contribution in [2.24, 2.45) is 0 Å². The molecule has 0 saturated carbocycles. The van der Waals surface area contributed by atoms with E-state index in [4.69, 9.17) is 18.9 Å². The summed E-state index contributed by atoms with van der Waals surface area (Å²) in [6.45, 7) is 3.82. The standard InChI is InChI=1S/C11H18O5/c1-3-9(12)14-7-8-15-11-6-4-5-10(13-2)16-11/h3,10-11H,1,4-8H2,2H3. The summed E-state index contributed by atoms with van der Waals surface area (Å²) in [5, 5.41) is 0.